The summed E-state index contributed by atoms with van der Waals surface area (Å²) in [5, 5.41) is 7.12. The normalized spacial score (nSPS) is 17.1. The van der Waals surface area contributed by atoms with E-state index in [-0.39, 0.29) is 5.91 Å². The number of likely N-dealkylation sites (tertiary alicyclic amines) is 1. The van der Waals surface area contributed by atoms with E-state index >= 15 is 0 Å². The molecule has 1 aliphatic rings. The first-order valence-electron chi connectivity index (χ1n) is 7.40. The lowest BCUT2D eigenvalue weighted by molar-refractivity contribution is -0.192. The lowest BCUT2D eigenvalue weighted by Crippen LogP contribution is -2.33. The lowest BCUT2D eigenvalue weighted by atomic mass is 10.1. The fourth-order valence-electron chi connectivity index (χ4n) is 2.46. The molecule has 1 aromatic carbocycles. The fraction of sp³-hybridized carbons (Fsp3) is 0.333. The van der Waals surface area contributed by atoms with E-state index in [9.17, 15) is 22.8 Å². The van der Waals surface area contributed by atoms with Crippen LogP contribution in [0.5, 0.6) is 0 Å². The molecule has 0 aliphatic carbocycles. The van der Waals surface area contributed by atoms with E-state index in [0.717, 1.165) is 16.6 Å². The highest BCUT2D eigenvalue weighted by molar-refractivity contribution is 6.00. The van der Waals surface area contributed by atoms with E-state index in [1.54, 1.807) is 11.2 Å². The van der Waals surface area contributed by atoms with E-state index < -0.39 is 24.0 Å². The molecule has 3 rings (SSSR count). The predicted molar refractivity (Wildman–Crippen MR) is 82.5 cm³/mol. The standard InChI is InChI=1S/C13H14N4O2.C2HF3O2/c14-12(18)9-3-4-17(13(9)19)6-8-1-2-10-11(5-8)16-7-15-10;3-2(4,5)1(6)7/h1-2,5,7,9H,3-4,6H2,(H2,14,18)(H,15,16);(H,6,7)/t9-;/m0./s1. The molecular weight excluding hydrogens is 357 g/mol. The molecular formula is C15H15F3N4O4. The van der Waals surface area contributed by atoms with Gasteiger partial charge in [-0.1, -0.05) is 6.07 Å². The summed E-state index contributed by atoms with van der Waals surface area (Å²) in [5.41, 5.74) is 8.05. The number of aromatic nitrogens is 2. The van der Waals surface area contributed by atoms with E-state index in [4.69, 9.17) is 15.6 Å². The number of alkyl halides is 3. The van der Waals surface area contributed by atoms with Crippen molar-refractivity contribution in [1.82, 2.24) is 14.9 Å². The van der Waals surface area contributed by atoms with Gasteiger partial charge in [0.25, 0.3) is 0 Å². The molecule has 1 aliphatic heterocycles. The number of benzene rings is 1. The van der Waals surface area contributed by atoms with Crippen LogP contribution in [0.4, 0.5) is 13.2 Å². The number of aromatic amines is 1. The summed E-state index contributed by atoms with van der Waals surface area (Å²) in [5.74, 6) is -4.11. The second-order valence-corrected chi connectivity index (χ2v) is 5.56. The molecule has 1 saturated heterocycles. The molecule has 1 atom stereocenters. The number of carbonyl (C=O) groups excluding carboxylic acids is 2. The van der Waals surface area contributed by atoms with Gasteiger partial charge >= 0.3 is 12.1 Å². The Morgan fingerprint density at radius 2 is 2.04 bits per heavy atom. The summed E-state index contributed by atoms with van der Waals surface area (Å²) < 4.78 is 31.7. The van der Waals surface area contributed by atoms with E-state index in [1.807, 2.05) is 18.2 Å². The third kappa shape index (κ3) is 4.49. The monoisotopic (exact) mass is 372 g/mol. The molecule has 1 aromatic heterocycles. The number of primary amides is 1. The van der Waals surface area contributed by atoms with Crippen LogP contribution < -0.4 is 5.73 Å². The van der Waals surface area contributed by atoms with Gasteiger partial charge in [-0.25, -0.2) is 9.78 Å². The van der Waals surface area contributed by atoms with Crippen molar-refractivity contribution in [3.05, 3.63) is 30.1 Å². The van der Waals surface area contributed by atoms with Crippen LogP contribution in [0.3, 0.4) is 0 Å². The van der Waals surface area contributed by atoms with Gasteiger partial charge in [-0.2, -0.15) is 13.2 Å². The third-order valence-corrected chi connectivity index (χ3v) is 3.74. The van der Waals surface area contributed by atoms with Crippen LogP contribution in [0.15, 0.2) is 24.5 Å². The van der Waals surface area contributed by atoms with Gasteiger partial charge in [-0.05, 0) is 24.1 Å². The van der Waals surface area contributed by atoms with E-state index in [1.165, 1.54) is 0 Å². The second kappa shape index (κ2) is 7.42. The number of H-pyrrole nitrogens is 1. The van der Waals surface area contributed by atoms with Crippen molar-refractivity contribution in [1.29, 1.82) is 0 Å². The van der Waals surface area contributed by atoms with Gasteiger partial charge in [0.2, 0.25) is 11.8 Å². The van der Waals surface area contributed by atoms with Crippen molar-refractivity contribution in [3.63, 3.8) is 0 Å². The Bertz CT molecular complexity index is 834. The topological polar surface area (TPSA) is 129 Å². The number of hydrogen-bond acceptors (Lipinski definition) is 4. The summed E-state index contributed by atoms with van der Waals surface area (Å²) in [7, 11) is 0. The zero-order chi connectivity index (χ0) is 19.5. The van der Waals surface area contributed by atoms with Crippen molar-refractivity contribution in [2.75, 3.05) is 6.54 Å². The van der Waals surface area contributed by atoms with Crippen LogP contribution in [0.25, 0.3) is 11.0 Å². The van der Waals surface area contributed by atoms with Crippen LogP contribution in [0.2, 0.25) is 0 Å². The average molecular weight is 372 g/mol. The first-order valence-corrected chi connectivity index (χ1v) is 7.40. The van der Waals surface area contributed by atoms with Gasteiger partial charge in [-0.15, -0.1) is 0 Å². The van der Waals surface area contributed by atoms with Gasteiger partial charge in [0.15, 0.2) is 0 Å². The molecule has 0 saturated carbocycles. The zero-order valence-electron chi connectivity index (χ0n) is 13.3. The number of nitrogens with two attached hydrogens (primary N) is 1. The number of amides is 2. The number of hydrogen-bond donors (Lipinski definition) is 3. The number of carboxylic acid groups (broad SMARTS) is 1. The molecule has 2 heterocycles. The van der Waals surface area contributed by atoms with Gasteiger partial charge in [0, 0.05) is 13.1 Å². The van der Waals surface area contributed by atoms with Gasteiger partial charge in [0.05, 0.1) is 17.4 Å². The molecule has 0 unspecified atom stereocenters. The summed E-state index contributed by atoms with van der Waals surface area (Å²) in [6.45, 7) is 1.07. The molecule has 8 nitrogen and oxygen atoms in total. The smallest absolute Gasteiger partial charge is 0.475 e. The minimum atomic E-state index is -5.08. The maximum Gasteiger partial charge on any atom is 0.490 e. The molecule has 1 fully saturated rings. The van der Waals surface area contributed by atoms with Crippen LogP contribution in [-0.4, -0.2) is 50.5 Å². The Labute approximate surface area is 144 Å². The predicted octanol–water partition coefficient (Wildman–Crippen LogP) is 1.03. The van der Waals surface area contributed by atoms with Crippen molar-refractivity contribution in [2.24, 2.45) is 11.7 Å². The largest absolute Gasteiger partial charge is 0.490 e. The molecule has 0 bridgehead atoms. The van der Waals surface area contributed by atoms with Crippen LogP contribution in [-0.2, 0) is 20.9 Å². The molecule has 11 heteroatoms. The lowest BCUT2D eigenvalue weighted by Gasteiger charge is -2.16. The quantitative estimate of drug-likeness (QED) is 0.693. The summed E-state index contributed by atoms with van der Waals surface area (Å²) in [6, 6.07) is 5.81. The number of fused-ring (bicyclic) bond motifs is 1. The minimum absolute atomic E-state index is 0.169. The summed E-state index contributed by atoms with van der Waals surface area (Å²) in [4.78, 5) is 40.8. The van der Waals surface area contributed by atoms with Crippen molar-refractivity contribution in [2.45, 2.75) is 19.1 Å². The van der Waals surface area contributed by atoms with Gasteiger partial charge < -0.3 is 20.7 Å². The Hall–Kier alpha value is -3.11. The Morgan fingerprint density at radius 3 is 2.58 bits per heavy atom. The second-order valence-electron chi connectivity index (χ2n) is 5.56. The highest BCUT2D eigenvalue weighted by atomic mass is 19.4. The number of imidazole rings is 1. The molecule has 4 N–H and O–H groups in total. The molecule has 140 valence electrons. The summed E-state index contributed by atoms with van der Waals surface area (Å²) >= 11 is 0. The summed E-state index contributed by atoms with van der Waals surface area (Å²) in [6.07, 6.45) is -2.93. The number of halogens is 3. The molecule has 2 aromatic rings. The molecule has 2 amide bonds. The van der Waals surface area contributed by atoms with Crippen molar-refractivity contribution >= 4 is 28.8 Å². The third-order valence-electron chi connectivity index (χ3n) is 3.74. The maximum atomic E-state index is 12.0. The molecule has 26 heavy (non-hydrogen) atoms. The highest BCUT2D eigenvalue weighted by Crippen LogP contribution is 2.21. The SMILES string of the molecule is NC(=O)[C@@H]1CCN(Cc2ccc3nc[nH]c3c2)C1=O.O=C(O)C(F)(F)F. The fourth-order valence-corrected chi connectivity index (χ4v) is 2.46. The number of carboxylic acids is 1. The number of rotatable bonds is 3. The number of nitrogens with zero attached hydrogens (tertiary/aromatic N) is 2. The highest BCUT2D eigenvalue weighted by Gasteiger charge is 2.38. The molecule has 0 radical (unpaired) electrons. The van der Waals surface area contributed by atoms with Crippen molar-refractivity contribution < 1.29 is 32.7 Å². The minimum Gasteiger partial charge on any atom is -0.475 e. The zero-order valence-corrected chi connectivity index (χ0v) is 13.3. The van der Waals surface area contributed by atoms with Crippen LogP contribution >= 0.6 is 0 Å². The van der Waals surface area contributed by atoms with Gasteiger partial charge in [0.1, 0.15) is 5.92 Å². The Kier molecular flexibility index (Phi) is 5.48. The van der Waals surface area contributed by atoms with Crippen LogP contribution in [0.1, 0.15) is 12.0 Å². The molecule has 0 spiro atoms. The van der Waals surface area contributed by atoms with Crippen LogP contribution in [0, 0.1) is 5.92 Å². The Morgan fingerprint density at radius 1 is 1.38 bits per heavy atom. The average Bonchev–Trinajstić information content (AvgIpc) is 3.14. The number of aliphatic carboxylic acids is 1. The first-order chi connectivity index (χ1) is 12.1. The Balaban J connectivity index is 0.000000298. The van der Waals surface area contributed by atoms with Crippen molar-refractivity contribution in [3.8, 4) is 0 Å². The van der Waals surface area contributed by atoms with Gasteiger partial charge in [-0.3, -0.25) is 9.59 Å². The number of nitrogens with one attached hydrogen (secondary N) is 1. The van der Waals surface area contributed by atoms with E-state index in [0.29, 0.717) is 19.5 Å². The van der Waals surface area contributed by atoms with E-state index in [2.05, 4.69) is 9.97 Å². The number of carbonyl (C=O) groups is 3. The maximum absolute atomic E-state index is 12.0. The first kappa shape index (κ1) is 19.2.